The van der Waals surface area contributed by atoms with Gasteiger partial charge in [-0.05, 0) is 25.5 Å². The normalized spacial score (nSPS) is 16.5. The summed E-state index contributed by atoms with van der Waals surface area (Å²) in [5, 5.41) is 8.91. The minimum Gasteiger partial charge on any atom is -0.342 e. The van der Waals surface area contributed by atoms with Gasteiger partial charge in [-0.1, -0.05) is 77.3 Å². The number of rotatable bonds is 4. The molecule has 0 bridgehead atoms. The molecule has 5 nitrogen and oxygen atoms in total. The molecular weight excluding hydrogens is 455 g/mol. The van der Waals surface area contributed by atoms with Crippen molar-refractivity contribution < 1.29 is 4.79 Å². The predicted molar refractivity (Wildman–Crippen MR) is 126 cm³/mol. The van der Waals surface area contributed by atoms with E-state index in [1.165, 1.54) is 0 Å². The van der Waals surface area contributed by atoms with E-state index in [0.717, 1.165) is 5.56 Å². The fraction of sp³-hybridized carbons (Fsp3) is 0.217. The monoisotopic (exact) mass is 474 g/mol. The van der Waals surface area contributed by atoms with Gasteiger partial charge in [0, 0.05) is 18.3 Å². The van der Waals surface area contributed by atoms with Crippen LogP contribution in [0.2, 0.25) is 15.1 Å². The molecule has 0 radical (unpaired) electrons. The topological polar surface area (TPSA) is 50.2 Å². The molecule has 1 aromatic heterocycles. The van der Waals surface area contributed by atoms with E-state index >= 15 is 0 Å². The van der Waals surface area contributed by atoms with Crippen LogP contribution in [0.1, 0.15) is 37.1 Å². The van der Waals surface area contributed by atoms with Crippen LogP contribution in [0.3, 0.4) is 0 Å². The second-order valence-electron chi connectivity index (χ2n) is 7.50. The number of anilines is 1. The predicted octanol–water partition coefficient (Wildman–Crippen LogP) is 6.35. The average molecular weight is 476 g/mol. The molecule has 2 heterocycles. The first kappa shape index (κ1) is 21.8. The second-order valence-corrected chi connectivity index (χ2v) is 8.69. The Morgan fingerprint density at radius 3 is 2.52 bits per heavy atom. The van der Waals surface area contributed by atoms with E-state index in [9.17, 15) is 4.79 Å². The van der Waals surface area contributed by atoms with Crippen LogP contribution in [0.25, 0.3) is 0 Å². The summed E-state index contributed by atoms with van der Waals surface area (Å²) >= 11 is 19.2. The Morgan fingerprint density at radius 1 is 1.10 bits per heavy atom. The Morgan fingerprint density at radius 2 is 1.81 bits per heavy atom. The molecule has 2 aromatic carbocycles. The minimum atomic E-state index is -0.576. The van der Waals surface area contributed by atoms with Crippen LogP contribution in [0.4, 0.5) is 5.82 Å². The van der Waals surface area contributed by atoms with Crippen molar-refractivity contribution in [2.24, 2.45) is 0 Å². The molecule has 0 spiro atoms. The summed E-state index contributed by atoms with van der Waals surface area (Å²) in [6.45, 7) is 3.85. The van der Waals surface area contributed by atoms with Crippen molar-refractivity contribution in [3.8, 4) is 0 Å². The summed E-state index contributed by atoms with van der Waals surface area (Å²) in [7, 11) is 1.79. The van der Waals surface area contributed by atoms with Crippen LogP contribution >= 0.6 is 34.8 Å². The first-order valence-electron chi connectivity index (χ1n) is 9.78. The maximum Gasteiger partial charge on any atom is 0.254 e. The van der Waals surface area contributed by atoms with Gasteiger partial charge in [-0.2, -0.15) is 5.10 Å². The maximum absolute atomic E-state index is 13.8. The number of benzene rings is 2. The quantitative estimate of drug-likeness (QED) is 0.478. The molecule has 0 saturated heterocycles. The molecule has 4 rings (SSSR count). The number of hydrogen-bond acceptors (Lipinski definition) is 3. The summed E-state index contributed by atoms with van der Waals surface area (Å²) < 4.78 is 1.68. The molecular formula is C23H21Cl3N4O. The molecule has 1 aliphatic heterocycles. The van der Waals surface area contributed by atoms with Crippen molar-refractivity contribution in [3.63, 3.8) is 0 Å². The van der Waals surface area contributed by atoms with Gasteiger partial charge in [-0.15, -0.1) is 0 Å². The van der Waals surface area contributed by atoms with Crippen molar-refractivity contribution in [2.45, 2.75) is 25.9 Å². The summed E-state index contributed by atoms with van der Waals surface area (Å²) in [6.07, 6.45) is 1.55. The molecule has 2 unspecified atom stereocenters. The van der Waals surface area contributed by atoms with Crippen LogP contribution in [0.15, 0.2) is 66.0 Å². The van der Waals surface area contributed by atoms with Gasteiger partial charge in [0.1, 0.15) is 16.9 Å². The number of allylic oxidation sites excluding steroid dienone is 1. The van der Waals surface area contributed by atoms with Gasteiger partial charge >= 0.3 is 0 Å². The summed E-state index contributed by atoms with van der Waals surface area (Å²) in [5.41, 5.74) is 2.94. The van der Waals surface area contributed by atoms with E-state index in [1.807, 2.05) is 56.3 Å². The number of fused-ring (bicyclic) bond motifs is 1. The molecule has 31 heavy (non-hydrogen) atoms. The molecule has 2 atom stereocenters. The highest BCUT2D eigenvalue weighted by Gasteiger charge is 2.37. The fourth-order valence-electron chi connectivity index (χ4n) is 3.84. The number of nitrogens with zero attached hydrogens (tertiary/aromatic N) is 3. The largest absolute Gasteiger partial charge is 0.342 e. The number of carbonyl (C=O) groups is 1. The van der Waals surface area contributed by atoms with E-state index in [0.29, 0.717) is 37.7 Å². The van der Waals surface area contributed by atoms with Crippen LogP contribution < -0.4 is 5.32 Å². The SMILES string of the molecule is CC1=C(C(=O)N(C)C(C)c2ccccc2)C(c2cccc(Cl)c2Cl)n2ncc(Cl)c2N1. The highest BCUT2D eigenvalue weighted by atomic mass is 35.5. The van der Waals surface area contributed by atoms with Gasteiger partial charge < -0.3 is 10.2 Å². The van der Waals surface area contributed by atoms with Gasteiger partial charge in [0.15, 0.2) is 0 Å². The molecule has 3 aromatic rings. The van der Waals surface area contributed by atoms with Crippen LogP contribution in [-0.2, 0) is 4.79 Å². The van der Waals surface area contributed by atoms with E-state index in [-0.39, 0.29) is 11.9 Å². The highest BCUT2D eigenvalue weighted by Crippen LogP contribution is 2.43. The summed E-state index contributed by atoms with van der Waals surface area (Å²) in [6, 6.07) is 14.6. The lowest BCUT2D eigenvalue weighted by molar-refractivity contribution is -0.128. The smallest absolute Gasteiger partial charge is 0.254 e. The molecule has 1 N–H and O–H groups in total. The first-order valence-corrected chi connectivity index (χ1v) is 10.9. The molecule has 8 heteroatoms. The van der Waals surface area contributed by atoms with Crippen molar-refractivity contribution in [3.05, 3.63) is 92.2 Å². The van der Waals surface area contributed by atoms with Gasteiger partial charge in [-0.3, -0.25) is 4.79 Å². The van der Waals surface area contributed by atoms with Crippen LogP contribution in [0, 0.1) is 0 Å². The second kappa shape index (κ2) is 8.58. The number of halogens is 3. The highest BCUT2D eigenvalue weighted by molar-refractivity contribution is 6.42. The Labute approximate surface area is 196 Å². The Hall–Kier alpha value is -2.47. The van der Waals surface area contributed by atoms with Crippen molar-refractivity contribution in [2.75, 3.05) is 12.4 Å². The molecule has 0 fully saturated rings. The Bertz CT molecular complexity index is 1170. The van der Waals surface area contributed by atoms with Crippen molar-refractivity contribution in [1.82, 2.24) is 14.7 Å². The average Bonchev–Trinajstić information content (AvgIpc) is 3.14. The third kappa shape index (κ3) is 3.82. The zero-order valence-corrected chi connectivity index (χ0v) is 19.5. The molecule has 1 amide bonds. The molecule has 160 valence electrons. The number of hydrogen-bond donors (Lipinski definition) is 1. The van der Waals surface area contributed by atoms with E-state index in [4.69, 9.17) is 34.8 Å². The molecule has 0 aliphatic carbocycles. The zero-order chi connectivity index (χ0) is 22.3. The number of likely N-dealkylation sites (N-methyl/N-ethyl adjacent to an activating group) is 1. The van der Waals surface area contributed by atoms with Gasteiger partial charge in [0.05, 0.1) is 27.9 Å². The van der Waals surface area contributed by atoms with Gasteiger partial charge in [-0.25, -0.2) is 4.68 Å². The lowest BCUT2D eigenvalue weighted by Crippen LogP contribution is -2.37. The van der Waals surface area contributed by atoms with Crippen LogP contribution in [0.5, 0.6) is 0 Å². The van der Waals surface area contributed by atoms with Gasteiger partial charge in [0.25, 0.3) is 5.91 Å². The summed E-state index contributed by atoms with van der Waals surface area (Å²) in [4.78, 5) is 15.5. The number of nitrogens with one attached hydrogen (secondary N) is 1. The minimum absolute atomic E-state index is 0.132. The standard InChI is InChI=1S/C23H21Cl3N4O/c1-13-19(23(31)29(3)14(2)15-8-5-4-6-9-15)21(16-10-7-11-17(24)20(16)26)30-22(28-13)18(25)12-27-30/h4-12,14,21,28H,1-3H3. The van der Waals surface area contributed by atoms with E-state index in [1.54, 1.807) is 28.9 Å². The third-order valence-corrected chi connectivity index (χ3v) is 6.78. The number of carbonyl (C=O) groups excluding carboxylic acids is 1. The van der Waals surface area contributed by atoms with Gasteiger partial charge in [0.2, 0.25) is 0 Å². The first-order chi connectivity index (χ1) is 14.8. The van der Waals surface area contributed by atoms with E-state index < -0.39 is 6.04 Å². The van der Waals surface area contributed by atoms with E-state index in [2.05, 4.69) is 10.4 Å². The molecule has 0 saturated carbocycles. The lowest BCUT2D eigenvalue weighted by atomic mass is 9.93. The zero-order valence-electron chi connectivity index (χ0n) is 17.2. The fourth-order valence-corrected chi connectivity index (χ4v) is 4.43. The third-order valence-electron chi connectivity index (χ3n) is 5.67. The molecule has 1 aliphatic rings. The van der Waals surface area contributed by atoms with Crippen molar-refractivity contribution in [1.29, 1.82) is 0 Å². The van der Waals surface area contributed by atoms with Crippen molar-refractivity contribution >= 4 is 46.5 Å². The summed E-state index contributed by atoms with van der Waals surface area (Å²) in [5.74, 6) is 0.468. The number of amides is 1. The maximum atomic E-state index is 13.8. The lowest BCUT2D eigenvalue weighted by Gasteiger charge is -2.34. The Kier molecular flexibility index (Phi) is 6.02. The Balaban J connectivity index is 1.82. The van der Waals surface area contributed by atoms with Crippen LogP contribution in [-0.4, -0.2) is 27.6 Å². The number of aromatic nitrogens is 2.